The third-order valence-electron chi connectivity index (χ3n) is 1.82. The summed E-state index contributed by atoms with van der Waals surface area (Å²) in [6.45, 7) is 6.43. The highest BCUT2D eigenvalue weighted by atomic mass is 32.1. The number of aromatic nitrogens is 2. The minimum Gasteiger partial charge on any atom is -0.322 e. The summed E-state index contributed by atoms with van der Waals surface area (Å²) < 4.78 is 0. The highest BCUT2D eigenvalue weighted by molar-refractivity contribution is 7.11. The smallest absolute Gasteiger partial charge is 0.134 e. The van der Waals surface area contributed by atoms with E-state index in [4.69, 9.17) is 5.73 Å². The van der Waals surface area contributed by atoms with Gasteiger partial charge in [0, 0.05) is 6.42 Å². The monoisotopic (exact) mass is 199 g/mol. The van der Waals surface area contributed by atoms with Crippen molar-refractivity contribution in [2.45, 2.75) is 39.7 Å². The Morgan fingerprint density at radius 2 is 2.08 bits per heavy atom. The molecule has 1 aromatic rings. The third-order valence-corrected chi connectivity index (χ3v) is 2.90. The van der Waals surface area contributed by atoms with Crippen molar-refractivity contribution in [2.24, 2.45) is 11.7 Å². The van der Waals surface area contributed by atoms with Gasteiger partial charge in [-0.25, -0.2) is 0 Å². The maximum absolute atomic E-state index is 5.85. The third kappa shape index (κ3) is 3.04. The number of hydrogen-bond acceptors (Lipinski definition) is 4. The Hall–Kier alpha value is -0.480. The Bertz CT molecular complexity index is 257. The molecule has 1 rings (SSSR count). The first-order valence-electron chi connectivity index (χ1n) is 4.71. The van der Waals surface area contributed by atoms with Gasteiger partial charge >= 0.3 is 0 Å². The van der Waals surface area contributed by atoms with Crippen LogP contribution in [0.4, 0.5) is 0 Å². The maximum atomic E-state index is 5.85. The SMILES string of the molecule is CCC(N)c1nnc(CC(C)C)s1. The Balaban J connectivity index is 2.63. The van der Waals surface area contributed by atoms with Crippen LogP contribution in [0.2, 0.25) is 0 Å². The molecule has 3 nitrogen and oxygen atoms in total. The molecule has 4 heteroatoms. The minimum atomic E-state index is 0.0680. The molecule has 0 radical (unpaired) electrons. The van der Waals surface area contributed by atoms with Crippen LogP contribution >= 0.6 is 11.3 Å². The molecule has 0 aliphatic rings. The lowest BCUT2D eigenvalue weighted by Crippen LogP contribution is -2.07. The lowest BCUT2D eigenvalue weighted by molar-refractivity contribution is 0.636. The fraction of sp³-hybridized carbons (Fsp3) is 0.778. The average Bonchev–Trinajstić information content (AvgIpc) is 2.50. The van der Waals surface area contributed by atoms with Crippen LogP contribution in [0.25, 0.3) is 0 Å². The van der Waals surface area contributed by atoms with E-state index < -0.39 is 0 Å². The maximum Gasteiger partial charge on any atom is 0.134 e. The number of hydrogen-bond donors (Lipinski definition) is 1. The van der Waals surface area contributed by atoms with Crippen LogP contribution in [0, 0.1) is 5.92 Å². The van der Waals surface area contributed by atoms with Gasteiger partial charge in [0.25, 0.3) is 0 Å². The van der Waals surface area contributed by atoms with Gasteiger partial charge in [-0.05, 0) is 12.3 Å². The van der Waals surface area contributed by atoms with Crippen LogP contribution in [-0.2, 0) is 6.42 Å². The number of rotatable bonds is 4. The number of nitrogens with two attached hydrogens (primary N) is 1. The largest absolute Gasteiger partial charge is 0.322 e. The Morgan fingerprint density at radius 1 is 1.38 bits per heavy atom. The summed E-state index contributed by atoms with van der Waals surface area (Å²) in [5, 5.41) is 10.3. The molecule has 74 valence electrons. The molecular formula is C9H17N3S. The van der Waals surface area contributed by atoms with Gasteiger partial charge in [0.1, 0.15) is 10.0 Å². The molecule has 0 saturated carbocycles. The van der Waals surface area contributed by atoms with Crippen molar-refractivity contribution in [3.63, 3.8) is 0 Å². The summed E-state index contributed by atoms with van der Waals surface area (Å²) in [5.74, 6) is 0.638. The van der Waals surface area contributed by atoms with Gasteiger partial charge in [-0.1, -0.05) is 32.1 Å². The van der Waals surface area contributed by atoms with Crippen LogP contribution in [0.5, 0.6) is 0 Å². The van der Waals surface area contributed by atoms with Gasteiger partial charge in [-0.15, -0.1) is 10.2 Å². The zero-order valence-corrected chi connectivity index (χ0v) is 9.27. The molecule has 0 aliphatic heterocycles. The summed E-state index contributed by atoms with van der Waals surface area (Å²) in [6, 6.07) is 0.0680. The molecule has 0 fully saturated rings. The van der Waals surface area contributed by atoms with Crippen molar-refractivity contribution in [3.05, 3.63) is 10.0 Å². The van der Waals surface area contributed by atoms with Gasteiger partial charge in [-0.2, -0.15) is 0 Å². The zero-order valence-electron chi connectivity index (χ0n) is 8.45. The predicted molar refractivity (Wildman–Crippen MR) is 55.7 cm³/mol. The molecule has 13 heavy (non-hydrogen) atoms. The van der Waals surface area contributed by atoms with E-state index in [-0.39, 0.29) is 6.04 Å². The van der Waals surface area contributed by atoms with Crippen molar-refractivity contribution in [2.75, 3.05) is 0 Å². The van der Waals surface area contributed by atoms with Gasteiger partial charge in [-0.3, -0.25) is 0 Å². The lowest BCUT2D eigenvalue weighted by Gasteiger charge is -2.01. The molecule has 2 N–H and O–H groups in total. The standard InChI is InChI=1S/C9H17N3S/c1-4-7(10)9-12-11-8(13-9)5-6(2)3/h6-7H,4-5,10H2,1-3H3. The van der Waals surface area contributed by atoms with Crippen molar-refractivity contribution in [1.29, 1.82) is 0 Å². The molecule has 1 aromatic heterocycles. The lowest BCUT2D eigenvalue weighted by atomic mass is 10.1. The van der Waals surface area contributed by atoms with Crippen molar-refractivity contribution >= 4 is 11.3 Å². The van der Waals surface area contributed by atoms with E-state index in [1.165, 1.54) is 0 Å². The molecule has 0 spiro atoms. The quantitative estimate of drug-likeness (QED) is 0.808. The fourth-order valence-corrected chi connectivity index (χ4v) is 2.16. The second-order valence-corrected chi connectivity index (χ2v) is 4.74. The normalized spacial score (nSPS) is 13.6. The van der Waals surface area contributed by atoms with E-state index in [1.54, 1.807) is 11.3 Å². The molecule has 1 atom stereocenters. The van der Waals surface area contributed by atoms with E-state index in [0.717, 1.165) is 22.9 Å². The first-order chi connectivity index (χ1) is 6.13. The Labute approximate surface area is 83.4 Å². The molecule has 1 heterocycles. The molecule has 0 amide bonds. The zero-order chi connectivity index (χ0) is 9.84. The van der Waals surface area contributed by atoms with E-state index in [0.29, 0.717) is 5.92 Å². The predicted octanol–water partition coefficient (Wildman–Crippen LogP) is 2.15. The van der Waals surface area contributed by atoms with Crippen molar-refractivity contribution in [3.8, 4) is 0 Å². The van der Waals surface area contributed by atoms with Crippen LogP contribution in [0.1, 0.15) is 43.2 Å². The summed E-state index contributed by atoms with van der Waals surface area (Å²) in [5.41, 5.74) is 5.85. The average molecular weight is 199 g/mol. The highest BCUT2D eigenvalue weighted by Gasteiger charge is 2.10. The second kappa shape index (κ2) is 4.67. The van der Waals surface area contributed by atoms with Gasteiger partial charge in [0.2, 0.25) is 0 Å². The Kier molecular flexibility index (Phi) is 3.81. The fourth-order valence-electron chi connectivity index (χ4n) is 1.02. The first-order valence-corrected chi connectivity index (χ1v) is 5.53. The van der Waals surface area contributed by atoms with E-state index in [9.17, 15) is 0 Å². The molecule has 0 saturated heterocycles. The summed E-state index contributed by atoms with van der Waals surface area (Å²) >= 11 is 1.65. The van der Waals surface area contributed by atoms with Crippen LogP contribution in [0.15, 0.2) is 0 Å². The van der Waals surface area contributed by atoms with Crippen LogP contribution < -0.4 is 5.73 Å². The molecule has 0 aromatic carbocycles. The Morgan fingerprint density at radius 3 is 2.62 bits per heavy atom. The highest BCUT2D eigenvalue weighted by Crippen LogP contribution is 2.20. The van der Waals surface area contributed by atoms with Gasteiger partial charge < -0.3 is 5.73 Å². The van der Waals surface area contributed by atoms with Gasteiger partial charge in [0.05, 0.1) is 6.04 Å². The number of nitrogens with zero attached hydrogens (tertiary/aromatic N) is 2. The summed E-state index contributed by atoms with van der Waals surface area (Å²) in [4.78, 5) is 0. The molecule has 0 aliphatic carbocycles. The van der Waals surface area contributed by atoms with Gasteiger partial charge in [0.15, 0.2) is 0 Å². The van der Waals surface area contributed by atoms with Crippen LogP contribution in [-0.4, -0.2) is 10.2 Å². The molecule has 0 bridgehead atoms. The van der Waals surface area contributed by atoms with E-state index in [2.05, 4.69) is 31.0 Å². The van der Waals surface area contributed by atoms with Crippen molar-refractivity contribution < 1.29 is 0 Å². The topological polar surface area (TPSA) is 51.8 Å². The second-order valence-electron chi connectivity index (χ2n) is 3.65. The molecular weight excluding hydrogens is 182 g/mol. The van der Waals surface area contributed by atoms with E-state index >= 15 is 0 Å². The van der Waals surface area contributed by atoms with E-state index in [1.807, 2.05) is 0 Å². The molecule has 1 unspecified atom stereocenters. The first kappa shape index (κ1) is 10.6. The van der Waals surface area contributed by atoms with Crippen LogP contribution in [0.3, 0.4) is 0 Å². The van der Waals surface area contributed by atoms with Crippen molar-refractivity contribution in [1.82, 2.24) is 10.2 Å². The summed E-state index contributed by atoms with van der Waals surface area (Å²) in [7, 11) is 0. The summed E-state index contributed by atoms with van der Waals surface area (Å²) in [6.07, 6.45) is 1.93. The minimum absolute atomic E-state index is 0.0680.